The standard InChI is InChI=1S/C30H34N6O5/c1-30(2,3)40-29(38)35-16-14-34(15-17-35)20-26-31-27(33-41-26)25-18-24(32-39-4)19-36(25)28(37)23-12-10-22(11-13-23)21-8-6-5-7-9-21/h5-13,18H,14-17,19-20H2,1-4H3. The van der Waals surface area contributed by atoms with E-state index in [1.165, 1.54) is 7.11 Å². The van der Waals surface area contributed by atoms with Crippen molar-refractivity contribution >= 4 is 23.4 Å². The lowest BCUT2D eigenvalue weighted by Crippen LogP contribution is -2.49. The maximum Gasteiger partial charge on any atom is 0.410 e. The molecule has 1 fully saturated rings. The first-order chi connectivity index (χ1) is 19.7. The molecule has 0 radical (unpaired) electrons. The fourth-order valence-electron chi connectivity index (χ4n) is 4.69. The third kappa shape index (κ3) is 6.80. The van der Waals surface area contributed by atoms with Crippen LogP contribution in [0.15, 0.2) is 70.4 Å². The zero-order valence-corrected chi connectivity index (χ0v) is 23.7. The van der Waals surface area contributed by atoms with Crippen LogP contribution in [0.2, 0.25) is 0 Å². The van der Waals surface area contributed by atoms with Gasteiger partial charge in [-0.25, -0.2) is 4.79 Å². The molecule has 2 amide bonds. The molecule has 3 aromatic rings. The Balaban J connectivity index is 1.26. The molecule has 1 saturated heterocycles. The van der Waals surface area contributed by atoms with Gasteiger partial charge in [0.2, 0.25) is 11.7 Å². The second kappa shape index (κ2) is 11.9. The molecule has 0 bridgehead atoms. The van der Waals surface area contributed by atoms with Crippen LogP contribution < -0.4 is 0 Å². The van der Waals surface area contributed by atoms with E-state index in [1.54, 1.807) is 15.9 Å². The van der Waals surface area contributed by atoms with Gasteiger partial charge in [0.15, 0.2) is 0 Å². The molecular weight excluding hydrogens is 524 g/mol. The molecule has 2 aliphatic heterocycles. The van der Waals surface area contributed by atoms with Gasteiger partial charge in [-0.15, -0.1) is 0 Å². The van der Waals surface area contributed by atoms with Crippen LogP contribution in [0.5, 0.6) is 0 Å². The fraction of sp³-hybridized carbons (Fsp3) is 0.367. The second-order valence-electron chi connectivity index (χ2n) is 10.9. The Morgan fingerprint density at radius 3 is 2.32 bits per heavy atom. The van der Waals surface area contributed by atoms with Crippen LogP contribution in [-0.2, 0) is 16.1 Å². The van der Waals surface area contributed by atoms with E-state index in [0.717, 1.165) is 11.1 Å². The zero-order chi connectivity index (χ0) is 29.0. The number of hydrogen-bond acceptors (Lipinski definition) is 9. The number of ether oxygens (including phenoxy) is 1. The Kier molecular flexibility index (Phi) is 8.16. The molecule has 214 valence electrons. The fourth-order valence-corrected chi connectivity index (χ4v) is 4.69. The van der Waals surface area contributed by atoms with E-state index in [9.17, 15) is 9.59 Å². The van der Waals surface area contributed by atoms with E-state index in [1.807, 2.05) is 75.4 Å². The third-order valence-electron chi connectivity index (χ3n) is 6.69. The smallest absolute Gasteiger partial charge is 0.410 e. The van der Waals surface area contributed by atoms with Gasteiger partial charge in [-0.1, -0.05) is 52.8 Å². The number of oxime groups is 1. The van der Waals surface area contributed by atoms with Crippen molar-refractivity contribution < 1.29 is 23.7 Å². The summed E-state index contributed by atoms with van der Waals surface area (Å²) in [5.74, 6) is 0.507. The summed E-state index contributed by atoms with van der Waals surface area (Å²) in [5.41, 5.74) is 3.16. The van der Waals surface area contributed by atoms with Crippen molar-refractivity contribution in [3.05, 3.63) is 78.0 Å². The minimum absolute atomic E-state index is 0.207. The highest BCUT2D eigenvalue weighted by atomic mass is 16.6. The zero-order valence-electron chi connectivity index (χ0n) is 23.7. The Bertz CT molecular complexity index is 1430. The van der Waals surface area contributed by atoms with E-state index in [0.29, 0.717) is 61.4 Å². The highest BCUT2D eigenvalue weighted by molar-refractivity contribution is 6.12. The Morgan fingerprint density at radius 1 is 0.976 bits per heavy atom. The van der Waals surface area contributed by atoms with E-state index in [-0.39, 0.29) is 18.5 Å². The van der Waals surface area contributed by atoms with Crippen molar-refractivity contribution in [1.82, 2.24) is 24.8 Å². The molecule has 0 N–H and O–H groups in total. The van der Waals surface area contributed by atoms with Crippen molar-refractivity contribution in [2.75, 3.05) is 39.8 Å². The van der Waals surface area contributed by atoms with Crippen LogP contribution in [0.4, 0.5) is 4.79 Å². The van der Waals surface area contributed by atoms with E-state index in [4.69, 9.17) is 14.1 Å². The summed E-state index contributed by atoms with van der Waals surface area (Å²) in [7, 11) is 1.46. The van der Waals surface area contributed by atoms with Gasteiger partial charge in [0.05, 0.1) is 18.8 Å². The summed E-state index contributed by atoms with van der Waals surface area (Å²) >= 11 is 0. The molecule has 5 rings (SSSR count). The predicted octanol–water partition coefficient (Wildman–Crippen LogP) is 4.29. The maximum absolute atomic E-state index is 13.6. The van der Waals surface area contributed by atoms with E-state index in [2.05, 4.69) is 20.2 Å². The number of carbonyl (C=O) groups is 2. The van der Waals surface area contributed by atoms with Gasteiger partial charge < -0.3 is 19.0 Å². The molecule has 0 spiro atoms. The Hall–Kier alpha value is -4.51. The molecule has 11 heteroatoms. The number of aromatic nitrogens is 2. The van der Waals surface area contributed by atoms with Crippen LogP contribution in [0.3, 0.4) is 0 Å². The first-order valence-electron chi connectivity index (χ1n) is 13.5. The molecule has 0 aliphatic carbocycles. The van der Waals surface area contributed by atoms with Crippen LogP contribution in [0.25, 0.3) is 16.8 Å². The van der Waals surface area contributed by atoms with Gasteiger partial charge in [-0.05, 0) is 50.1 Å². The van der Waals surface area contributed by atoms with Gasteiger partial charge in [-0.2, -0.15) is 4.98 Å². The largest absolute Gasteiger partial charge is 0.444 e. The molecule has 3 heterocycles. The number of hydrogen-bond donors (Lipinski definition) is 0. The number of carbonyl (C=O) groups excluding carboxylic acids is 2. The van der Waals surface area contributed by atoms with Gasteiger partial charge in [-0.3, -0.25) is 14.6 Å². The van der Waals surface area contributed by atoms with Crippen molar-refractivity contribution in [2.45, 2.75) is 32.9 Å². The summed E-state index contributed by atoms with van der Waals surface area (Å²) in [6, 6.07) is 17.5. The van der Waals surface area contributed by atoms with Crippen molar-refractivity contribution in [2.24, 2.45) is 5.16 Å². The minimum Gasteiger partial charge on any atom is -0.444 e. The highest BCUT2D eigenvalue weighted by Gasteiger charge is 2.32. The lowest BCUT2D eigenvalue weighted by Gasteiger charge is -2.34. The molecule has 0 unspecified atom stereocenters. The number of nitrogens with zero attached hydrogens (tertiary/aromatic N) is 6. The predicted molar refractivity (Wildman–Crippen MR) is 153 cm³/mol. The second-order valence-corrected chi connectivity index (χ2v) is 10.9. The third-order valence-corrected chi connectivity index (χ3v) is 6.69. The van der Waals surface area contributed by atoms with Gasteiger partial charge in [0.25, 0.3) is 5.91 Å². The van der Waals surface area contributed by atoms with Crippen LogP contribution in [-0.4, -0.2) is 88.0 Å². The summed E-state index contributed by atoms with van der Waals surface area (Å²) in [5, 5.41) is 8.20. The molecule has 41 heavy (non-hydrogen) atoms. The lowest BCUT2D eigenvalue weighted by molar-refractivity contribution is 0.0131. The van der Waals surface area contributed by atoms with Crippen molar-refractivity contribution in [1.29, 1.82) is 0 Å². The SMILES string of the molecule is CON=C1C=C(c2noc(CN3CCN(C(=O)OC(C)(C)C)CC3)n2)N(C(=O)c2ccc(-c3ccccc3)cc2)C1. The molecule has 0 atom stereocenters. The van der Waals surface area contributed by atoms with Gasteiger partial charge >= 0.3 is 6.09 Å². The average molecular weight is 559 g/mol. The first-order valence-corrected chi connectivity index (χ1v) is 13.5. The average Bonchev–Trinajstić information content (AvgIpc) is 3.60. The molecule has 1 aromatic heterocycles. The topological polar surface area (TPSA) is 114 Å². The molecule has 0 saturated carbocycles. The lowest BCUT2D eigenvalue weighted by atomic mass is 10.0. The number of rotatable bonds is 6. The van der Waals surface area contributed by atoms with Crippen LogP contribution in [0, 0.1) is 0 Å². The first kappa shape index (κ1) is 28.0. The monoisotopic (exact) mass is 558 g/mol. The number of amides is 2. The van der Waals surface area contributed by atoms with Crippen LogP contribution in [0.1, 0.15) is 42.8 Å². The quantitative estimate of drug-likeness (QED) is 0.412. The van der Waals surface area contributed by atoms with Crippen molar-refractivity contribution in [3.63, 3.8) is 0 Å². The molecule has 11 nitrogen and oxygen atoms in total. The number of benzene rings is 2. The van der Waals surface area contributed by atoms with E-state index >= 15 is 0 Å². The van der Waals surface area contributed by atoms with Gasteiger partial charge in [0.1, 0.15) is 18.4 Å². The Labute approximate surface area is 239 Å². The summed E-state index contributed by atoms with van der Waals surface area (Å²) in [6.07, 6.45) is 1.42. The minimum atomic E-state index is -0.530. The highest BCUT2D eigenvalue weighted by Crippen LogP contribution is 2.27. The molecule has 2 aliphatic rings. The normalized spacial score (nSPS) is 17.1. The summed E-state index contributed by atoms with van der Waals surface area (Å²) in [4.78, 5) is 40.9. The molecular formula is C30H34N6O5. The molecule has 2 aromatic carbocycles. The maximum atomic E-state index is 13.6. The van der Waals surface area contributed by atoms with Crippen LogP contribution >= 0.6 is 0 Å². The van der Waals surface area contributed by atoms with E-state index < -0.39 is 5.60 Å². The Morgan fingerprint density at radius 2 is 1.66 bits per heavy atom. The number of piperazine rings is 1. The summed E-state index contributed by atoms with van der Waals surface area (Å²) < 4.78 is 11.0. The summed E-state index contributed by atoms with van der Waals surface area (Å²) in [6.45, 7) is 8.60. The van der Waals surface area contributed by atoms with Crippen molar-refractivity contribution in [3.8, 4) is 11.1 Å². The van der Waals surface area contributed by atoms with Gasteiger partial charge in [0, 0.05) is 31.7 Å².